The summed E-state index contributed by atoms with van der Waals surface area (Å²) in [6.45, 7) is 15.8. The van der Waals surface area contributed by atoms with Gasteiger partial charge in [0.2, 0.25) is 0 Å². The predicted molar refractivity (Wildman–Crippen MR) is 121 cm³/mol. The zero-order chi connectivity index (χ0) is 26.3. The van der Waals surface area contributed by atoms with Crippen LogP contribution in [0.25, 0.3) is 0 Å². The quantitative estimate of drug-likeness (QED) is 0.391. The third kappa shape index (κ3) is 6.91. The van der Waals surface area contributed by atoms with E-state index in [9.17, 15) is 14.4 Å². The van der Waals surface area contributed by atoms with Crippen molar-refractivity contribution in [3.05, 3.63) is 0 Å². The molecule has 0 aromatic carbocycles. The van der Waals surface area contributed by atoms with Crippen molar-refractivity contribution in [3.8, 4) is 0 Å². The van der Waals surface area contributed by atoms with E-state index in [1.165, 1.54) is 20.8 Å². The summed E-state index contributed by atoms with van der Waals surface area (Å²) in [6, 6.07) is -0.413. The summed E-state index contributed by atoms with van der Waals surface area (Å²) >= 11 is 0. The monoisotopic (exact) mass is 501 g/mol. The van der Waals surface area contributed by atoms with Crippen molar-refractivity contribution >= 4 is 17.9 Å². The van der Waals surface area contributed by atoms with Crippen LogP contribution in [0.2, 0.25) is 0 Å². The van der Waals surface area contributed by atoms with Gasteiger partial charge in [-0.05, 0) is 41.5 Å². The number of fused-ring (bicyclic) bond motifs is 3. The van der Waals surface area contributed by atoms with Crippen molar-refractivity contribution < 1.29 is 47.6 Å². The van der Waals surface area contributed by atoms with E-state index in [1.54, 1.807) is 5.06 Å². The van der Waals surface area contributed by atoms with Gasteiger partial charge in [0.15, 0.2) is 18.5 Å². The van der Waals surface area contributed by atoms with Crippen LogP contribution in [0, 0.1) is 5.92 Å². The van der Waals surface area contributed by atoms with E-state index < -0.39 is 71.8 Å². The molecule has 11 heteroatoms. The van der Waals surface area contributed by atoms with Gasteiger partial charge in [-0.1, -0.05) is 0 Å². The van der Waals surface area contributed by atoms with E-state index in [4.69, 9.17) is 33.3 Å². The fourth-order valence-corrected chi connectivity index (χ4v) is 4.94. The lowest BCUT2D eigenvalue weighted by Crippen LogP contribution is -2.61. The maximum Gasteiger partial charge on any atom is 0.303 e. The first-order valence-electron chi connectivity index (χ1n) is 12.0. The molecule has 3 saturated heterocycles. The first kappa shape index (κ1) is 27.8. The second kappa shape index (κ2) is 10.3. The molecule has 0 spiro atoms. The summed E-state index contributed by atoms with van der Waals surface area (Å²) in [6.07, 6.45) is -4.45. The van der Waals surface area contributed by atoms with Crippen molar-refractivity contribution in [2.45, 2.75) is 116 Å². The zero-order valence-electron chi connectivity index (χ0n) is 22.1. The maximum atomic E-state index is 12.2. The molecule has 0 bridgehead atoms. The average molecular weight is 502 g/mol. The van der Waals surface area contributed by atoms with Gasteiger partial charge in [0.25, 0.3) is 0 Å². The number of hydrogen-bond acceptors (Lipinski definition) is 11. The topological polar surface area (TPSA) is 119 Å². The molecule has 0 radical (unpaired) electrons. The largest absolute Gasteiger partial charge is 0.463 e. The Hall–Kier alpha value is -1.79. The van der Waals surface area contributed by atoms with Crippen LogP contribution in [0.4, 0.5) is 0 Å². The number of rotatable bonds is 6. The lowest BCUT2D eigenvalue weighted by Gasteiger charge is -2.44. The van der Waals surface area contributed by atoms with Crippen LogP contribution >= 0.6 is 0 Å². The Bertz CT molecular complexity index is 803. The number of ether oxygens (including phenoxy) is 6. The van der Waals surface area contributed by atoms with Crippen molar-refractivity contribution in [2.75, 3.05) is 13.2 Å². The number of hydroxylamine groups is 2. The highest BCUT2D eigenvalue weighted by atomic mass is 16.8. The summed E-state index contributed by atoms with van der Waals surface area (Å²) in [5, 5.41) is 1.75. The predicted octanol–water partition coefficient (Wildman–Crippen LogP) is 1.75. The van der Waals surface area contributed by atoms with Crippen LogP contribution in [0.5, 0.6) is 0 Å². The van der Waals surface area contributed by atoms with Crippen LogP contribution in [0.1, 0.15) is 62.3 Å². The summed E-state index contributed by atoms with van der Waals surface area (Å²) in [5.41, 5.74) is -0.936. The Kier molecular flexibility index (Phi) is 8.17. The molecule has 0 aromatic rings. The number of carbonyl (C=O) groups excluding carboxylic acids is 3. The highest BCUT2D eigenvalue weighted by Crippen LogP contribution is 2.47. The Morgan fingerprint density at radius 1 is 0.829 bits per heavy atom. The minimum atomic E-state index is -1.02. The SMILES string of the molecule is CC(=O)OC[C@H]1O[C@@H]2ON3C[C@H](OC(C)(C)C)[C@@H](OC(C)(C)C)[C@H]3[C@@H]2[C@@H](OC(C)=O)[C@@H]1OC(C)=O. The highest BCUT2D eigenvalue weighted by Gasteiger charge is 2.65. The van der Waals surface area contributed by atoms with Crippen LogP contribution in [0.15, 0.2) is 0 Å². The Labute approximate surface area is 206 Å². The molecule has 200 valence electrons. The molecule has 0 N–H and O–H groups in total. The van der Waals surface area contributed by atoms with Gasteiger partial charge in [0.1, 0.15) is 24.9 Å². The zero-order valence-corrected chi connectivity index (χ0v) is 22.1. The minimum absolute atomic E-state index is 0.194. The van der Waals surface area contributed by atoms with Crippen LogP contribution in [0.3, 0.4) is 0 Å². The molecule has 3 fully saturated rings. The maximum absolute atomic E-state index is 12.2. The lowest BCUT2D eigenvalue weighted by molar-refractivity contribution is -0.304. The molecule has 0 saturated carbocycles. The van der Waals surface area contributed by atoms with E-state index in [-0.39, 0.29) is 12.7 Å². The van der Waals surface area contributed by atoms with Crippen LogP contribution < -0.4 is 0 Å². The van der Waals surface area contributed by atoms with Gasteiger partial charge in [-0.2, -0.15) is 5.06 Å². The fraction of sp³-hybridized carbons (Fsp3) is 0.875. The summed E-state index contributed by atoms with van der Waals surface area (Å²) in [7, 11) is 0. The molecule has 11 nitrogen and oxygen atoms in total. The van der Waals surface area contributed by atoms with Gasteiger partial charge in [0, 0.05) is 20.8 Å². The third-order valence-electron chi connectivity index (χ3n) is 5.77. The highest BCUT2D eigenvalue weighted by molar-refractivity contribution is 5.68. The summed E-state index contributed by atoms with van der Waals surface area (Å²) < 4.78 is 35.4. The van der Waals surface area contributed by atoms with Gasteiger partial charge in [-0.15, -0.1) is 0 Å². The van der Waals surface area contributed by atoms with Crippen molar-refractivity contribution in [2.24, 2.45) is 5.92 Å². The molecule has 3 rings (SSSR count). The second-order valence-corrected chi connectivity index (χ2v) is 11.2. The fourth-order valence-electron chi connectivity index (χ4n) is 4.94. The molecule has 3 heterocycles. The third-order valence-corrected chi connectivity index (χ3v) is 5.77. The molecule has 0 aliphatic carbocycles. The Morgan fingerprint density at radius 2 is 1.40 bits per heavy atom. The summed E-state index contributed by atoms with van der Waals surface area (Å²) in [4.78, 5) is 41.8. The normalized spacial score (nSPS) is 35.2. The first-order valence-corrected chi connectivity index (χ1v) is 12.0. The van der Waals surface area contributed by atoms with Gasteiger partial charge in [-0.25, -0.2) is 0 Å². The van der Waals surface area contributed by atoms with Crippen molar-refractivity contribution in [1.29, 1.82) is 0 Å². The van der Waals surface area contributed by atoms with E-state index in [2.05, 4.69) is 0 Å². The van der Waals surface area contributed by atoms with Crippen molar-refractivity contribution in [3.63, 3.8) is 0 Å². The van der Waals surface area contributed by atoms with Crippen LogP contribution in [-0.4, -0.2) is 90.2 Å². The van der Waals surface area contributed by atoms with Crippen molar-refractivity contribution in [1.82, 2.24) is 5.06 Å². The molecular weight excluding hydrogens is 462 g/mol. The Balaban J connectivity index is 1.99. The molecule has 0 aromatic heterocycles. The molecule has 3 aliphatic heterocycles. The molecule has 3 aliphatic rings. The van der Waals surface area contributed by atoms with E-state index >= 15 is 0 Å². The Morgan fingerprint density at radius 3 is 1.91 bits per heavy atom. The first-order chi connectivity index (χ1) is 16.1. The van der Waals surface area contributed by atoms with Gasteiger partial charge in [-0.3, -0.25) is 19.2 Å². The summed E-state index contributed by atoms with van der Waals surface area (Å²) in [5.74, 6) is -2.21. The minimum Gasteiger partial charge on any atom is -0.463 e. The number of carbonyl (C=O) groups is 3. The van der Waals surface area contributed by atoms with E-state index in [0.29, 0.717) is 6.54 Å². The van der Waals surface area contributed by atoms with Gasteiger partial charge in [0.05, 0.1) is 29.7 Å². The molecule has 35 heavy (non-hydrogen) atoms. The van der Waals surface area contributed by atoms with E-state index in [0.717, 1.165) is 0 Å². The smallest absolute Gasteiger partial charge is 0.303 e. The number of esters is 3. The number of nitrogens with zero attached hydrogens (tertiary/aromatic N) is 1. The van der Waals surface area contributed by atoms with Crippen LogP contribution in [-0.2, 0) is 47.6 Å². The van der Waals surface area contributed by atoms with Gasteiger partial charge < -0.3 is 28.4 Å². The molecule has 0 amide bonds. The standard InChI is InChI=1S/C24H39NO10/c1-12(26)29-11-16-20(30-13(2)27)21(31-14(3)28)17-18-19(34-24(7,8)9)15(33-23(4,5)6)10-25(18)35-22(17)32-16/h15-22H,10-11H2,1-9H3/t15-,16+,17+,18+,19+,20+,21+,22+/m0/s1. The molecule has 0 unspecified atom stereocenters. The lowest BCUT2D eigenvalue weighted by atomic mass is 9.83. The molecular formula is C24H39NO10. The van der Waals surface area contributed by atoms with Gasteiger partial charge >= 0.3 is 17.9 Å². The molecule has 8 atom stereocenters. The number of hydrogen-bond donors (Lipinski definition) is 0. The van der Waals surface area contributed by atoms with E-state index in [1.807, 2.05) is 41.5 Å². The second-order valence-electron chi connectivity index (χ2n) is 11.2. The average Bonchev–Trinajstić information content (AvgIpc) is 3.15.